The highest BCUT2D eigenvalue weighted by Crippen LogP contribution is 2.63. The molecule has 6 rings (SSSR count). The Morgan fingerprint density at radius 1 is 0.615 bits per heavy atom. The van der Waals surface area contributed by atoms with Gasteiger partial charge < -0.3 is 0 Å². The van der Waals surface area contributed by atoms with E-state index in [0.29, 0.717) is 0 Å². The summed E-state index contributed by atoms with van der Waals surface area (Å²) >= 11 is 0. The second-order valence-corrected chi connectivity index (χ2v) is 7.57. The molecule has 0 heteroatoms. The van der Waals surface area contributed by atoms with Gasteiger partial charge in [0.15, 0.2) is 0 Å². The topological polar surface area (TPSA) is 0 Å². The zero-order valence-electron chi connectivity index (χ0n) is 14.7. The van der Waals surface area contributed by atoms with Crippen LogP contribution in [-0.2, 0) is 5.41 Å². The second-order valence-electron chi connectivity index (χ2n) is 7.57. The Balaban J connectivity index is 1.82. The highest BCUT2D eigenvalue weighted by atomic mass is 14.5. The number of rotatable bonds is 0. The monoisotopic (exact) mass is 332 g/mol. The average molecular weight is 332 g/mol. The van der Waals surface area contributed by atoms with Crippen LogP contribution in [0.5, 0.6) is 0 Å². The zero-order valence-corrected chi connectivity index (χ0v) is 14.7. The van der Waals surface area contributed by atoms with Crippen LogP contribution in [0.4, 0.5) is 0 Å². The summed E-state index contributed by atoms with van der Waals surface area (Å²) in [6.07, 6.45) is 8.33. The quantitative estimate of drug-likeness (QED) is 0.440. The Hall–Kier alpha value is -2.86. The lowest BCUT2D eigenvalue weighted by atomic mass is 9.68. The first-order chi connectivity index (χ1) is 12.9. The van der Waals surface area contributed by atoms with Crippen LogP contribution in [0.25, 0.3) is 16.7 Å². The fourth-order valence-corrected chi connectivity index (χ4v) is 5.53. The van der Waals surface area contributed by atoms with Crippen molar-refractivity contribution >= 4 is 5.57 Å². The van der Waals surface area contributed by atoms with E-state index in [9.17, 15) is 0 Å². The molecule has 3 aliphatic rings. The van der Waals surface area contributed by atoms with Crippen molar-refractivity contribution < 1.29 is 0 Å². The van der Waals surface area contributed by atoms with E-state index in [1.54, 1.807) is 5.57 Å². The number of fused-ring (bicyclic) bond motifs is 9. The molecule has 0 nitrogen and oxygen atoms in total. The Bertz CT molecular complexity index is 1060. The molecule has 0 unspecified atom stereocenters. The van der Waals surface area contributed by atoms with Crippen molar-refractivity contribution in [1.29, 1.82) is 0 Å². The molecule has 3 aliphatic carbocycles. The predicted molar refractivity (Wildman–Crippen MR) is 108 cm³/mol. The number of hydrogen-bond acceptors (Lipinski definition) is 0. The van der Waals surface area contributed by atoms with Crippen molar-refractivity contribution in [3.63, 3.8) is 0 Å². The molecular weight excluding hydrogens is 312 g/mol. The fourth-order valence-electron chi connectivity index (χ4n) is 5.53. The van der Waals surface area contributed by atoms with Gasteiger partial charge in [-0.2, -0.15) is 0 Å². The van der Waals surface area contributed by atoms with Gasteiger partial charge in [-0.3, -0.25) is 0 Å². The smallest absolute Gasteiger partial charge is 0.0688 e. The van der Waals surface area contributed by atoms with Gasteiger partial charge in [-0.25, -0.2) is 0 Å². The summed E-state index contributed by atoms with van der Waals surface area (Å²) in [6, 6.07) is 27.2. The highest BCUT2D eigenvalue weighted by molar-refractivity contribution is 5.96. The molecule has 0 saturated carbocycles. The Labute approximate surface area is 154 Å². The maximum Gasteiger partial charge on any atom is 0.0688 e. The molecule has 0 N–H and O–H groups in total. The van der Waals surface area contributed by atoms with E-state index >= 15 is 0 Å². The molecule has 0 atom stereocenters. The lowest BCUT2D eigenvalue weighted by molar-refractivity contribution is 0.692. The summed E-state index contributed by atoms with van der Waals surface area (Å²) in [4.78, 5) is 0. The lowest BCUT2D eigenvalue weighted by Crippen LogP contribution is -2.27. The average Bonchev–Trinajstić information content (AvgIpc) is 3.00. The van der Waals surface area contributed by atoms with Crippen molar-refractivity contribution in [2.75, 3.05) is 0 Å². The first kappa shape index (κ1) is 14.3. The van der Waals surface area contributed by atoms with E-state index in [-0.39, 0.29) is 5.41 Å². The fraction of sp³-hybridized carbons (Fsp3) is 0.154. The number of allylic oxidation sites excluding steroid dienone is 4. The van der Waals surface area contributed by atoms with Crippen LogP contribution >= 0.6 is 0 Å². The van der Waals surface area contributed by atoms with E-state index in [1.807, 2.05) is 0 Å². The molecule has 0 aromatic heterocycles. The summed E-state index contributed by atoms with van der Waals surface area (Å²) in [5, 5.41) is 0. The minimum atomic E-state index is -0.103. The summed E-state index contributed by atoms with van der Waals surface area (Å²) in [5.41, 5.74) is 11.6. The molecule has 26 heavy (non-hydrogen) atoms. The summed E-state index contributed by atoms with van der Waals surface area (Å²) < 4.78 is 0. The molecular formula is C26H20. The predicted octanol–water partition coefficient (Wildman–Crippen LogP) is 6.51. The molecule has 0 radical (unpaired) electrons. The lowest BCUT2D eigenvalue weighted by Gasteiger charge is -2.32. The molecule has 0 heterocycles. The van der Waals surface area contributed by atoms with Crippen molar-refractivity contribution in [2.24, 2.45) is 0 Å². The van der Waals surface area contributed by atoms with Gasteiger partial charge in [-0.05, 0) is 63.8 Å². The second kappa shape index (κ2) is 5.08. The van der Waals surface area contributed by atoms with Crippen LogP contribution in [-0.4, -0.2) is 0 Å². The molecule has 124 valence electrons. The zero-order chi connectivity index (χ0) is 17.1. The van der Waals surface area contributed by atoms with Gasteiger partial charge in [0.2, 0.25) is 0 Å². The van der Waals surface area contributed by atoms with Crippen LogP contribution in [0, 0.1) is 0 Å². The van der Waals surface area contributed by atoms with Crippen LogP contribution in [0.15, 0.2) is 90.5 Å². The molecule has 3 aromatic carbocycles. The van der Waals surface area contributed by atoms with Crippen molar-refractivity contribution in [1.82, 2.24) is 0 Å². The van der Waals surface area contributed by atoms with Crippen LogP contribution in [0.2, 0.25) is 0 Å². The highest BCUT2D eigenvalue weighted by Gasteiger charge is 2.51. The molecule has 3 aromatic rings. The normalized spacial score (nSPS) is 18.3. The third kappa shape index (κ3) is 1.56. The maximum atomic E-state index is 2.39. The largest absolute Gasteiger partial charge is 0.0839 e. The third-order valence-electron chi connectivity index (χ3n) is 6.43. The van der Waals surface area contributed by atoms with E-state index in [4.69, 9.17) is 0 Å². The first-order valence-electron chi connectivity index (χ1n) is 9.62. The molecule has 0 aliphatic heterocycles. The minimum Gasteiger partial charge on any atom is -0.0839 e. The van der Waals surface area contributed by atoms with Gasteiger partial charge in [0.25, 0.3) is 0 Å². The third-order valence-corrected chi connectivity index (χ3v) is 6.43. The Morgan fingerprint density at radius 3 is 1.81 bits per heavy atom. The standard InChI is InChI=1S/C26H20/c1-2-10-18-19-11-4-7-15-23(19)26(22(18)14-3-1)24-16-8-5-12-20(24)21-13-6-9-17-25(21)26/h2,4-13,15-17H,1,3,14H2. The van der Waals surface area contributed by atoms with Gasteiger partial charge >= 0.3 is 0 Å². The molecule has 0 fully saturated rings. The molecule has 0 saturated heterocycles. The molecule has 0 bridgehead atoms. The van der Waals surface area contributed by atoms with Gasteiger partial charge in [-0.1, -0.05) is 84.9 Å². The first-order valence-corrected chi connectivity index (χ1v) is 9.62. The van der Waals surface area contributed by atoms with Gasteiger partial charge in [-0.15, -0.1) is 0 Å². The Morgan fingerprint density at radius 2 is 1.15 bits per heavy atom. The van der Waals surface area contributed by atoms with Gasteiger partial charge in [0.1, 0.15) is 0 Å². The van der Waals surface area contributed by atoms with Gasteiger partial charge in [0.05, 0.1) is 5.41 Å². The van der Waals surface area contributed by atoms with Gasteiger partial charge in [0, 0.05) is 0 Å². The minimum absolute atomic E-state index is 0.103. The summed E-state index contributed by atoms with van der Waals surface area (Å²) in [7, 11) is 0. The van der Waals surface area contributed by atoms with Crippen LogP contribution in [0.1, 0.15) is 41.5 Å². The van der Waals surface area contributed by atoms with E-state index in [2.05, 4.69) is 84.9 Å². The summed E-state index contributed by atoms with van der Waals surface area (Å²) in [5.74, 6) is 0. The van der Waals surface area contributed by atoms with E-state index < -0.39 is 0 Å². The molecule has 0 amide bonds. The molecule has 1 spiro atoms. The maximum absolute atomic E-state index is 2.39. The van der Waals surface area contributed by atoms with Crippen LogP contribution < -0.4 is 0 Å². The number of hydrogen-bond donors (Lipinski definition) is 0. The Kier molecular flexibility index (Phi) is 2.80. The summed E-state index contributed by atoms with van der Waals surface area (Å²) in [6.45, 7) is 0. The SMILES string of the molecule is C1=CC2=C(CCC1)C1(c3ccccc32)c2ccccc2-c2ccccc21. The van der Waals surface area contributed by atoms with Crippen molar-refractivity contribution in [2.45, 2.75) is 24.7 Å². The van der Waals surface area contributed by atoms with Crippen molar-refractivity contribution in [3.8, 4) is 11.1 Å². The van der Waals surface area contributed by atoms with Crippen molar-refractivity contribution in [3.05, 3.63) is 113 Å². The van der Waals surface area contributed by atoms with E-state index in [0.717, 1.165) is 0 Å². The van der Waals surface area contributed by atoms with Crippen LogP contribution in [0.3, 0.4) is 0 Å². The number of benzene rings is 3. The van der Waals surface area contributed by atoms with E-state index in [1.165, 1.54) is 58.2 Å².